The van der Waals surface area contributed by atoms with Gasteiger partial charge in [0, 0.05) is 41.8 Å². The summed E-state index contributed by atoms with van der Waals surface area (Å²) in [6, 6.07) is 0. The van der Waals surface area contributed by atoms with Gasteiger partial charge in [-0.05, 0) is 24.8 Å². The Balaban J connectivity index is 1.51. The molecule has 2 N–H and O–H groups in total. The summed E-state index contributed by atoms with van der Waals surface area (Å²) in [5.41, 5.74) is 1.39. The van der Waals surface area contributed by atoms with Crippen LogP contribution in [0.1, 0.15) is 39.3 Å². The van der Waals surface area contributed by atoms with Crippen LogP contribution in [0.2, 0.25) is 0 Å². The van der Waals surface area contributed by atoms with Crippen LogP contribution < -0.4 is 0 Å². The van der Waals surface area contributed by atoms with Crippen LogP contribution >= 0.6 is 11.3 Å². The van der Waals surface area contributed by atoms with E-state index in [1.165, 1.54) is 4.68 Å². The number of aliphatic hydroxyl groups excluding tert-OH is 2. The molecule has 1 saturated heterocycles. The monoisotopic (exact) mass is 443 g/mol. The van der Waals surface area contributed by atoms with Crippen LogP contribution in [0.15, 0.2) is 19.0 Å². The second-order valence-electron chi connectivity index (χ2n) is 7.76. The first-order chi connectivity index (χ1) is 14.3. The van der Waals surface area contributed by atoms with Gasteiger partial charge in [-0.3, -0.25) is 4.90 Å². The van der Waals surface area contributed by atoms with Gasteiger partial charge in [-0.25, -0.2) is 4.68 Å². The Morgan fingerprint density at radius 1 is 1.30 bits per heavy atom. The first kappa shape index (κ1) is 21.5. The molecule has 0 unspecified atom stereocenters. The molecule has 2 aromatic heterocycles. The molecule has 0 bridgehead atoms. The maximum absolute atomic E-state index is 13.5. The van der Waals surface area contributed by atoms with Crippen molar-refractivity contribution in [3.05, 3.63) is 45.4 Å². The topological polar surface area (TPSA) is 70.8 Å². The van der Waals surface area contributed by atoms with Crippen molar-refractivity contribution in [3.8, 4) is 0 Å². The SMILES string of the molecule is C=C(CO)n1cc(CN2CCC3(CC2)OCCc2c3sc(C(F)(F)F)c2CO)cn1. The molecule has 164 valence electrons. The van der Waals surface area contributed by atoms with Crippen molar-refractivity contribution in [1.29, 1.82) is 0 Å². The molecular formula is C20H24F3N3O3S. The zero-order valence-electron chi connectivity index (χ0n) is 16.4. The van der Waals surface area contributed by atoms with Crippen molar-refractivity contribution >= 4 is 17.0 Å². The fourth-order valence-corrected chi connectivity index (χ4v) is 5.76. The van der Waals surface area contributed by atoms with Crippen LogP contribution in [0.5, 0.6) is 0 Å². The third-order valence-corrected chi connectivity index (χ3v) is 7.39. The number of ether oxygens (including phenoxy) is 1. The molecular weight excluding hydrogens is 419 g/mol. The molecule has 0 radical (unpaired) electrons. The third kappa shape index (κ3) is 3.82. The molecule has 0 atom stereocenters. The zero-order valence-corrected chi connectivity index (χ0v) is 17.2. The zero-order chi connectivity index (χ0) is 21.5. The lowest BCUT2D eigenvalue weighted by Gasteiger charge is -2.43. The largest absolute Gasteiger partial charge is 0.425 e. The van der Waals surface area contributed by atoms with Crippen molar-refractivity contribution in [1.82, 2.24) is 14.7 Å². The van der Waals surface area contributed by atoms with Gasteiger partial charge in [0.2, 0.25) is 0 Å². The van der Waals surface area contributed by atoms with Gasteiger partial charge < -0.3 is 14.9 Å². The van der Waals surface area contributed by atoms with Crippen LogP contribution in [0.4, 0.5) is 13.2 Å². The number of fused-ring (bicyclic) bond motifs is 2. The van der Waals surface area contributed by atoms with E-state index < -0.39 is 23.3 Å². The fraction of sp³-hybridized carbons (Fsp3) is 0.550. The Labute approximate surface area is 176 Å². The number of aliphatic hydroxyl groups is 2. The summed E-state index contributed by atoms with van der Waals surface area (Å²) < 4.78 is 48.1. The van der Waals surface area contributed by atoms with E-state index in [1.54, 1.807) is 6.20 Å². The number of nitrogens with zero attached hydrogens (tertiary/aromatic N) is 3. The van der Waals surface area contributed by atoms with Crippen molar-refractivity contribution in [2.75, 3.05) is 26.3 Å². The first-order valence-corrected chi connectivity index (χ1v) is 10.6. The van der Waals surface area contributed by atoms with Gasteiger partial charge in [-0.2, -0.15) is 18.3 Å². The van der Waals surface area contributed by atoms with E-state index in [0.29, 0.717) is 61.6 Å². The Morgan fingerprint density at radius 2 is 2.03 bits per heavy atom. The standard InChI is InChI=1S/C20H24F3N3O3S/c1-13(11-27)26-10-14(8-24-26)9-25-5-3-19(4-6-25)17-15(2-7-29-19)16(12-28)18(30-17)20(21,22)23/h8,10,27-28H,1-7,9,11-12H2. The van der Waals surface area contributed by atoms with Crippen LogP contribution in [-0.4, -0.2) is 51.2 Å². The van der Waals surface area contributed by atoms with E-state index in [4.69, 9.17) is 9.84 Å². The van der Waals surface area contributed by atoms with Crippen molar-refractivity contribution in [2.24, 2.45) is 0 Å². The number of halogens is 3. The summed E-state index contributed by atoms with van der Waals surface area (Å²) in [6.45, 7) is 5.34. The third-order valence-electron chi connectivity index (χ3n) is 5.89. The lowest BCUT2D eigenvalue weighted by atomic mass is 9.84. The quantitative estimate of drug-likeness (QED) is 0.744. The summed E-state index contributed by atoms with van der Waals surface area (Å²) in [7, 11) is 0. The molecule has 0 aromatic carbocycles. The van der Waals surface area contributed by atoms with Crippen LogP contribution in [0.25, 0.3) is 5.70 Å². The summed E-state index contributed by atoms with van der Waals surface area (Å²) in [4.78, 5) is 2.16. The van der Waals surface area contributed by atoms with E-state index in [2.05, 4.69) is 16.6 Å². The highest BCUT2D eigenvalue weighted by Crippen LogP contribution is 2.50. The first-order valence-electron chi connectivity index (χ1n) is 9.79. The molecule has 1 spiro atoms. The maximum Gasteiger partial charge on any atom is 0.425 e. The number of hydrogen-bond acceptors (Lipinski definition) is 6. The highest BCUT2D eigenvalue weighted by Gasteiger charge is 2.47. The molecule has 10 heteroatoms. The van der Waals surface area contributed by atoms with E-state index in [-0.39, 0.29) is 12.2 Å². The molecule has 0 saturated carbocycles. The van der Waals surface area contributed by atoms with Gasteiger partial charge in [0.1, 0.15) is 10.5 Å². The molecule has 4 rings (SSSR count). The number of rotatable bonds is 5. The lowest BCUT2D eigenvalue weighted by molar-refractivity contribution is -0.135. The van der Waals surface area contributed by atoms with Crippen molar-refractivity contribution < 1.29 is 28.1 Å². The minimum absolute atomic E-state index is 0.0177. The number of thiophene rings is 1. The normalized spacial score (nSPS) is 19.2. The second-order valence-corrected chi connectivity index (χ2v) is 8.78. The predicted molar refractivity (Wildman–Crippen MR) is 106 cm³/mol. The molecule has 2 aromatic rings. The summed E-state index contributed by atoms with van der Waals surface area (Å²) in [5.74, 6) is 0. The maximum atomic E-state index is 13.5. The molecule has 6 nitrogen and oxygen atoms in total. The smallest absolute Gasteiger partial charge is 0.392 e. The molecule has 2 aliphatic rings. The second kappa shape index (κ2) is 8.08. The number of hydrogen-bond donors (Lipinski definition) is 2. The van der Waals surface area contributed by atoms with E-state index >= 15 is 0 Å². The number of aromatic nitrogens is 2. The number of likely N-dealkylation sites (tertiary alicyclic amines) is 1. The molecule has 1 fully saturated rings. The summed E-state index contributed by atoms with van der Waals surface area (Å²) >= 11 is 0.738. The Morgan fingerprint density at radius 3 is 2.67 bits per heavy atom. The summed E-state index contributed by atoms with van der Waals surface area (Å²) in [6.07, 6.45) is 0.668. The van der Waals surface area contributed by atoms with Crippen LogP contribution in [-0.2, 0) is 36.1 Å². The number of piperidine rings is 1. The fourth-order valence-electron chi connectivity index (χ4n) is 4.33. The average Bonchev–Trinajstić information content (AvgIpc) is 3.34. The van der Waals surface area contributed by atoms with Crippen LogP contribution in [0.3, 0.4) is 0 Å². The predicted octanol–water partition coefficient (Wildman–Crippen LogP) is 2.98. The van der Waals surface area contributed by atoms with Gasteiger partial charge in [-0.15, -0.1) is 11.3 Å². The minimum Gasteiger partial charge on any atom is -0.392 e. The average molecular weight is 443 g/mol. The van der Waals surface area contributed by atoms with Crippen molar-refractivity contribution in [2.45, 2.75) is 44.2 Å². The van der Waals surface area contributed by atoms with Gasteiger partial charge >= 0.3 is 6.18 Å². The molecule has 4 heterocycles. The molecule has 2 aliphatic heterocycles. The Kier molecular flexibility index (Phi) is 5.80. The minimum atomic E-state index is -4.47. The van der Waals surface area contributed by atoms with E-state index in [0.717, 1.165) is 16.9 Å². The number of alkyl halides is 3. The van der Waals surface area contributed by atoms with E-state index in [9.17, 15) is 18.3 Å². The van der Waals surface area contributed by atoms with Crippen molar-refractivity contribution in [3.63, 3.8) is 0 Å². The Bertz CT molecular complexity index is 930. The highest BCUT2D eigenvalue weighted by atomic mass is 32.1. The summed E-state index contributed by atoms with van der Waals surface area (Å²) in [5, 5.41) is 23.0. The van der Waals surface area contributed by atoms with Gasteiger partial charge in [0.15, 0.2) is 0 Å². The van der Waals surface area contributed by atoms with Gasteiger partial charge in [0.25, 0.3) is 0 Å². The van der Waals surface area contributed by atoms with Crippen LogP contribution in [0, 0.1) is 0 Å². The van der Waals surface area contributed by atoms with E-state index in [1.807, 2.05) is 6.20 Å². The molecule has 30 heavy (non-hydrogen) atoms. The Hall–Kier alpha value is -1.72. The molecule has 0 aliphatic carbocycles. The molecule has 0 amide bonds. The van der Waals surface area contributed by atoms with Gasteiger partial charge in [-0.1, -0.05) is 6.58 Å². The van der Waals surface area contributed by atoms with Gasteiger partial charge in [0.05, 0.1) is 31.7 Å². The lowest BCUT2D eigenvalue weighted by Crippen LogP contribution is -2.45. The highest BCUT2D eigenvalue weighted by molar-refractivity contribution is 7.12.